The van der Waals surface area contributed by atoms with Crippen molar-refractivity contribution in [2.75, 3.05) is 6.61 Å². The van der Waals surface area contributed by atoms with Crippen molar-refractivity contribution in [1.82, 2.24) is 0 Å². The highest BCUT2D eigenvalue weighted by atomic mass is 79.9. The molecular formula is C11H13BrO2. The summed E-state index contributed by atoms with van der Waals surface area (Å²) < 4.78 is 5.02. The second-order valence-electron chi connectivity index (χ2n) is 2.94. The zero-order chi connectivity index (χ0) is 10.4. The number of alkyl halides is 1. The molecule has 1 rings (SSSR count). The molecule has 1 unspecified atom stereocenters. The van der Waals surface area contributed by atoms with Crippen molar-refractivity contribution in [3.05, 3.63) is 35.9 Å². The molecule has 0 aromatic heterocycles. The van der Waals surface area contributed by atoms with Crippen LogP contribution in [0.25, 0.3) is 0 Å². The third kappa shape index (κ3) is 3.14. The second-order valence-corrected chi connectivity index (χ2v) is 3.86. The van der Waals surface area contributed by atoms with E-state index in [0.29, 0.717) is 6.61 Å². The number of halogens is 1. The minimum absolute atomic E-state index is 0.224. The van der Waals surface area contributed by atoms with Gasteiger partial charge in [-0.25, -0.2) is 0 Å². The van der Waals surface area contributed by atoms with E-state index < -0.39 is 0 Å². The molecule has 0 amide bonds. The van der Waals surface area contributed by atoms with Gasteiger partial charge in [0.2, 0.25) is 0 Å². The van der Waals surface area contributed by atoms with Crippen LogP contribution in [0.15, 0.2) is 30.3 Å². The molecule has 76 valence electrons. The number of hydrogen-bond acceptors (Lipinski definition) is 2. The van der Waals surface area contributed by atoms with E-state index in [0.717, 1.165) is 12.0 Å². The van der Waals surface area contributed by atoms with Gasteiger partial charge in [0.05, 0.1) is 6.61 Å². The van der Waals surface area contributed by atoms with Gasteiger partial charge in [0.15, 0.2) is 0 Å². The van der Waals surface area contributed by atoms with Gasteiger partial charge in [-0.1, -0.05) is 53.2 Å². The van der Waals surface area contributed by atoms with Crippen molar-refractivity contribution in [3.8, 4) is 0 Å². The fraction of sp³-hybridized carbons (Fsp3) is 0.364. The van der Waals surface area contributed by atoms with Gasteiger partial charge in [-0.2, -0.15) is 0 Å². The SMILES string of the molecule is CCCOC(=O)C(Br)c1ccccc1. The standard InChI is InChI=1S/C11H13BrO2/c1-2-8-14-11(13)10(12)9-6-4-3-5-7-9/h3-7,10H,2,8H2,1H3. The Hall–Kier alpha value is -0.830. The molecule has 0 aliphatic carbocycles. The molecule has 1 aromatic carbocycles. The Kier molecular flexibility index (Phi) is 4.66. The minimum atomic E-state index is -0.352. The van der Waals surface area contributed by atoms with Crippen molar-refractivity contribution < 1.29 is 9.53 Å². The van der Waals surface area contributed by atoms with E-state index >= 15 is 0 Å². The predicted octanol–water partition coefficient (Wildman–Crippen LogP) is 3.08. The number of benzene rings is 1. The van der Waals surface area contributed by atoms with Gasteiger partial charge < -0.3 is 4.74 Å². The monoisotopic (exact) mass is 256 g/mol. The Balaban J connectivity index is 2.57. The normalized spacial score (nSPS) is 12.1. The van der Waals surface area contributed by atoms with Crippen LogP contribution in [0.1, 0.15) is 23.7 Å². The van der Waals surface area contributed by atoms with Crippen LogP contribution in [-0.2, 0) is 9.53 Å². The number of rotatable bonds is 4. The van der Waals surface area contributed by atoms with Crippen LogP contribution in [0.5, 0.6) is 0 Å². The van der Waals surface area contributed by atoms with E-state index in [9.17, 15) is 4.79 Å². The molecule has 0 heterocycles. The highest BCUT2D eigenvalue weighted by molar-refractivity contribution is 9.09. The zero-order valence-electron chi connectivity index (χ0n) is 8.07. The topological polar surface area (TPSA) is 26.3 Å². The number of ether oxygens (including phenoxy) is 1. The smallest absolute Gasteiger partial charge is 0.324 e. The first-order valence-corrected chi connectivity index (χ1v) is 5.53. The molecule has 0 N–H and O–H groups in total. The lowest BCUT2D eigenvalue weighted by atomic mass is 10.1. The summed E-state index contributed by atoms with van der Waals surface area (Å²) in [5.41, 5.74) is 0.925. The number of esters is 1. The molecule has 0 saturated heterocycles. The summed E-state index contributed by atoms with van der Waals surface area (Å²) in [5, 5.41) is 0. The van der Waals surface area contributed by atoms with Gasteiger partial charge in [-0.15, -0.1) is 0 Å². The zero-order valence-corrected chi connectivity index (χ0v) is 9.66. The molecule has 0 radical (unpaired) electrons. The van der Waals surface area contributed by atoms with E-state index in [1.807, 2.05) is 37.3 Å². The van der Waals surface area contributed by atoms with Crippen LogP contribution in [-0.4, -0.2) is 12.6 Å². The summed E-state index contributed by atoms with van der Waals surface area (Å²) in [6, 6.07) is 9.51. The largest absolute Gasteiger partial charge is 0.465 e. The van der Waals surface area contributed by atoms with Crippen LogP contribution >= 0.6 is 15.9 Å². The lowest BCUT2D eigenvalue weighted by Gasteiger charge is -2.09. The average Bonchev–Trinajstić information content (AvgIpc) is 2.26. The molecule has 1 atom stereocenters. The fourth-order valence-corrected chi connectivity index (χ4v) is 1.47. The molecule has 14 heavy (non-hydrogen) atoms. The summed E-state index contributed by atoms with van der Waals surface area (Å²) in [4.78, 5) is 11.1. The van der Waals surface area contributed by atoms with Crippen LogP contribution in [0, 0.1) is 0 Å². The van der Waals surface area contributed by atoms with E-state index in [1.165, 1.54) is 0 Å². The van der Waals surface area contributed by atoms with Gasteiger partial charge in [0.1, 0.15) is 4.83 Å². The fourth-order valence-electron chi connectivity index (χ4n) is 1.03. The molecule has 0 saturated carbocycles. The summed E-state index contributed by atoms with van der Waals surface area (Å²) >= 11 is 3.31. The van der Waals surface area contributed by atoms with Gasteiger partial charge in [0, 0.05) is 0 Å². The van der Waals surface area contributed by atoms with Gasteiger partial charge >= 0.3 is 5.97 Å². The van der Waals surface area contributed by atoms with Gasteiger partial charge in [0.25, 0.3) is 0 Å². The van der Waals surface area contributed by atoms with Gasteiger partial charge in [-0.3, -0.25) is 4.79 Å². The summed E-state index contributed by atoms with van der Waals surface area (Å²) in [6.07, 6.45) is 0.847. The molecule has 3 heteroatoms. The van der Waals surface area contributed by atoms with Crippen LogP contribution in [0.2, 0.25) is 0 Å². The van der Waals surface area contributed by atoms with Crippen LogP contribution < -0.4 is 0 Å². The Bertz CT molecular complexity index is 285. The molecular weight excluding hydrogens is 244 g/mol. The van der Waals surface area contributed by atoms with E-state index in [2.05, 4.69) is 15.9 Å². The molecule has 0 aliphatic rings. The Morgan fingerprint density at radius 1 is 1.43 bits per heavy atom. The number of carbonyl (C=O) groups is 1. The maximum Gasteiger partial charge on any atom is 0.324 e. The quantitative estimate of drug-likeness (QED) is 0.612. The van der Waals surface area contributed by atoms with Crippen molar-refractivity contribution in [1.29, 1.82) is 0 Å². The molecule has 0 fully saturated rings. The molecule has 0 bridgehead atoms. The van der Waals surface area contributed by atoms with Crippen molar-refractivity contribution in [2.45, 2.75) is 18.2 Å². The lowest BCUT2D eigenvalue weighted by Crippen LogP contribution is -2.11. The first-order valence-electron chi connectivity index (χ1n) is 4.61. The Morgan fingerprint density at radius 2 is 2.07 bits per heavy atom. The Morgan fingerprint density at radius 3 is 2.64 bits per heavy atom. The van der Waals surface area contributed by atoms with E-state index in [1.54, 1.807) is 0 Å². The van der Waals surface area contributed by atoms with Crippen molar-refractivity contribution in [2.24, 2.45) is 0 Å². The summed E-state index contributed by atoms with van der Waals surface area (Å²) in [7, 11) is 0. The summed E-state index contributed by atoms with van der Waals surface area (Å²) in [6.45, 7) is 2.45. The number of hydrogen-bond donors (Lipinski definition) is 0. The molecule has 1 aromatic rings. The van der Waals surface area contributed by atoms with Crippen LogP contribution in [0.4, 0.5) is 0 Å². The van der Waals surface area contributed by atoms with Crippen molar-refractivity contribution >= 4 is 21.9 Å². The highest BCUT2D eigenvalue weighted by Gasteiger charge is 2.17. The molecule has 0 aliphatic heterocycles. The summed E-state index contributed by atoms with van der Waals surface area (Å²) in [5.74, 6) is -0.224. The second kappa shape index (κ2) is 5.81. The first kappa shape index (κ1) is 11.2. The maximum absolute atomic E-state index is 11.4. The Labute approximate surface area is 92.4 Å². The average molecular weight is 257 g/mol. The minimum Gasteiger partial charge on any atom is -0.465 e. The maximum atomic E-state index is 11.4. The lowest BCUT2D eigenvalue weighted by molar-refractivity contribution is -0.142. The highest BCUT2D eigenvalue weighted by Crippen LogP contribution is 2.23. The first-order chi connectivity index (χ1) is 6.75. The van der Waals surface area contributed by atoms with E-state index in [-0.39, 0.29) is 10.8 Å². The van der Waals surface area contributed by atoms with Crippen LogP contribution in [0.3, 0.4) is 0 Å². The molecule has 2 nitrogen and oxygen atoms in total. The van der Waals surface area contributed by atoms with Gasteiger partial charge in [-0.05, 0) is 12.0 Å². The van der Waals surface area contributed by atoms with E-state index in [4.69, 9.17) is 4.74 Å². The molecule has 0 spiro atoms. The third-order valence-corrected chi connectivity index (χ3v) is 2.65. The predicted molar refractivity (Wildman–Crippen MR) is 59.4 cm³/mol. The van der Waals surface area contributed by atoms with Crippen molar-refractivity contribution in [3.63, 3.8) is 0 Å². The third-order valence-electron chi connectivity index (χ3n) is 1.75. The number of carbonyl (C=O) groups excluding carboxylic acids is 1.